The van der Waals surface area contributed by atoms with Gasteiger partial charge in [0.15, 0.2) is 0 Å². The number of rotatable bonds is 13. The topological polar surface area (TPSA) is 86.8 Å². The van der Waals surface area contributed by atoms with E-state index in [1.165, 1.54) is 4.90 Å². The lowest BCUT2D eigenvalue weighted by molar-refractivity contribution is -0.140. The minimum absolute atomic E-state index is 0.0952. The van der Waals surface area contributed by atoms with Crippen molar-refractivity contribution in [2.45, 2.75) is 58.7 Å². The van der Waals surface area contributed by atoms with Gasteiger partial charge in [-0.25, -0.2) is 8.42 Å². The number of sulfonamides is 1. The number of nitrogens with one attached hydrogen (secondary N) is 1. The molecular weight excluding hydrogens is 546 g/mol. The molecule has 0 unspecified atom stereocenters. The third kappa shape index (κ3) is 8.57. The number of hydrogen-bond acceptors (Lipinski definition) is 4. The van der Waals surface area contributed by atoms with E-state index >= 15 is 0 Å². The molecule has 0 spiro atoms. The summed E-state index contributed by atoms with van der Waals surface area (Å²) >= 11 is 6.10. The van der Waals surface area contributed by atoms with Crippen molar-refractivity contribution >= 4 is 39.1 Å². The summed E-state index contributed by atoms with van der Waals surface area (Å²) in [5, 5.41) is 3.58. The highest BCUT2D eigenvalue weighted by molar-refractivity contribution is 7.92. The molecule has 0 heterocycles. The second-order valence-electron chi connectivity index (χ2n) is 9.92. The van der Waals surface area contributed by atoms with Crippen LogP contribution >= 0.6 is 11.6 Å². The average Bonchev–Trinajstić information content (AvgIpc) is 2.94. The Hall–Kier alpha value is -3.36. The quantitative estimate of drug-likeness (QED) is 0.299. The summed E-state index contributed by atoms with van der Waals surface area (Å²) in [5.74, 6) is -0.771. The molecule has 0 aliphatic carbocycles. The number of carbonyl (C=O) groups excluding carboxylic acids is 2. The number of aryl methyl sites for hydroxylation is 1. The van der Waals surface area contributed by atoms with Gasteiger partial charge in [0.25, 0.3) is 0 Å². The molecule has 2 atom stereocenters. The summed E-state index contributed by atoms with van der Waals surface area (Å²) in [7, 11) is -3.82. The molecule has 1 N–H and O–H groups in total. The van der Waals surface area contributed by atoms with E-state index in [2.05, 4.69) is 5.32 Å². The number of amides is 2. The van der Waals surface area contributed by atoms with Gasteiger partial charge in [-0.05, 0) is 54.7 Å². The van der Waals surface area contributed by atoms with Gasteiger partial charge in [0.1, 0.15) is 12.6 Å². The van der Waals surface area contributed by atoms with Crippen LogP contribution in [0, 0.1) is 0 Å². The van der Waals surface area contributed by atoms with Crippen molar-refractivity contribution in [2.24, 2.45) is 0 Å². The number of nitrogens with zero attached hydrogens (tertiary/aromatic N) is 2. The third-order valence-corrected chi connectivity index (χ3v) is 8.24. The van der Waals surface area contributed by atoms with Crippen molar-refractivity contribution in [1.82, 2.24) is 10.2 Å². The standard InChI is InChI=1S/C31H38ClN3O4S/c1-5-23(3)33-31(37)29(20-24-12-8-7-9-13-24)34(21-25-16-18-27(32)19-17-25)30(36)22-35(40(4,38)39)28-15-11-10-14-26(28)6-2/h7-19,23,29H,5-6,20-22H2,1-4H3,(H,33,37)/t23-,29-/m1/s1. The maximum Gasteiger partial charge on any atom is 0.244 e. The van der Waals surface area contributed by atoms with E-state index in [0.717, 1.165) is 33.7 Å². The Kier molecular flexibility index (Phi) is 11.2. The number of para-hydroxylation sites is 1. The predicted molar refractivity (Wildman–Crippen MR) is 162 cm³/mol. The van der Waals surface area contributed by atoms with E-state index < -0.39 is 28.5 Å². The fourth-order valence-corrected chi connectivity index (χ4v) is 5.44. The van der Waals surface area contributed by atoms with Crippen LogP contribution in [0.3, 0.4) is 0 Å². The molecule has 40 heavy (non-hydrogen) atoms. The largest absolute Gasteiger partial charge is 0.352 e. The molecule has 0 radical (unpaired) electrons. The number of halogens is 1. The van der Waals surface area contributed by atoms with Crippen molar-refractivity contribution in [3.05, 3.63) is 101 Å². The summed E-state index contributed by atoms with van der Waals surface area (Å²) < 4.78 is 27.1. The fraction of sp³-hybridized carbons (Fsp3) is 0.355. The molecule has 0 aliphatic heterocycles. The number of anilines is 1. The van der Waals surface area contributed by atoms with Gasteiger partial charge in [-0.15, -0.1) is 0 Å². The number of hydrogen-bond donors (Lipinski definition) is 1. The van der Waals surface area contributed by atoms with Gasteiger partial charge in [-0.2, -0.15) is 0 Å². The molecule has 2 amide bonds. The highest BCUT2D eigenvalue weighted by atomic mass is 35.5. The van der Waals surface area contributed by atoms with Gasteiger partial charge in [0.05, 0.1) is 11.9 Å². The van der Waals surface area contributed by atoms with Gasteiger partial charge < -0.3 is 10.2 Å². The summed E-state index contributed by atoms with van der Waals surface area (Å²) in [6.07, 6.45) is 2.68. The van der Waals surface area contributed by atoms with Crippen LogP contribution < -0.4 is 9.62 Å². The van der Waals surface area contributed by atoms with Crippen molar-refractivity contribution in [1.29, 1.82) is 0 Å². The van der Waals surface area contributed by atoms with Gasteiger partial charge in [0.2, 0.25) is 21.8 Å². The lowest BCUT2D eigenvalue weighted by Crippen LogP contribution is -2.54. The van der Waals surface area contributed by atoms with Crippen LogP contribution in [0.4, 0.5) is 5.69 Å². The Bertz CT molecular complexity index is 1380. The number of carbonyl (C=O) groups is 2. The van der Waals surface area contributed by atoms with Crippen LogP contribution in [-0.4, -0.2) is 50.0 Å². The molecule has 0 aliphatic rings. The Morgan fingerprint density at radius 3 is 2.12 bits per heavy atom. The molecule has 3 aromatic carbocycles. The molecule has 3 aromatic rings. The average molecular weight is 584 g/mol. The molecule has 3 rings (SSSR count). The van der Waals surface area contributed by atoms with Crippen LogP contribution in [-0.2, 0) is 39.0 Å². The molecule has 0 fully saturated rings. The van der Waals surface area contributed by atoms with Crippen LogP contribution in [0.15, 0.2) is 78.9 Å². The Balaban J connectivity index is 2.07. The van der Waals surface area contributed by atoms with Crippen molar-refractivity contribution in [2.75, 3.05) is 17.1 Å². The fourth-order valence-electron chi connectivity index (χ4n) is 4.43. The molecule has 0 bridgehead atoms. The summed E-state index contributed by atoms with van der Waals surface area (Å²) in [4.78, 5) is 29.3. The van der Waals surface area contributed by atoms with E-state index in [-0.39, 0.29) is 24.9 Å². The first kappa shape index (κ1) is 31.2. The lowest BCUT2D eigenvalue weighted by Gasteiger charge is -2.34. The van der Waals surface area contributed by atoms with E-state index in [0.29, 0.717) is 17.1 Å². The second kappa shape index (κ2) is 14.3. The van der Waals surface area contributed by atoms with Gasteiger partial charge >= 0.3 is 0 Å². The Morgan fingerprint density at radius 2 is 1.52 bits per heavy atom. The molecule has 0 aromatic heterocycles. The predicted octanol–water partition coefficient (Wildman–Crippen LogP) is 5.22. The van der Waals surface area contributed by atoms with Crippen molar-refractivity contribution < 1.29 is 18.0 Å². The zero-order valence-corrected chi connectivity index (χ0v) is 25.1. The monoisotopic (exact) mass is 583 g/mol. The first-order valence-corrected chi connectivity index (χ1v) is 15.7. The van der Waals surface area contributed by atoms with E-state index in [1.807, 2.05) is 63.2 Å². The van der Waals surface area contributed by atoms with Crippen LogP contribution in [0.5, 0.6) is 0 Å². The van der Waals surface area contributed by atoms with Crippen LogP contribution in [0.1, 0.15) is 43.9 Å². The maximum absolute atomic E-state index is 14.1. The molecular formula is C31H38ClN3O4S. The highest BCUT2D eigenvalue weighted by Gasteiger charge is 2.33. The van der Waals surface area contributed by atoms with E-state index in [4.69, 9.17) is 11.6 Å². The highest BCUT2D eigenvalue weighted by Crippen LogP contribution is 2.25. The lowest BCUT2D eigenvalue weighted by atomic mass is 10.0. The minimum Gasteiger partial charge on any atom is -0.352 e. The second-order valence-corrected chi connectivity index (χ2v) is 12.3. The van der Waals surface area contributed by atoms with Gasteiger partial charge in [0, 0.05) is 24.0 Å². The van der Waals surface area contributed by atoms with Crippen molar-refractivity contribution in [3.63, 3.8) is 0 Å². The van der Waals surface area contributed by atoms with E-state index in [9.17, 15) is 18.0 Å². The summed E-state index contributed by atoms with van der Waals surface area (Å²) in [5.41, 5.74) is 2.92. The smallest absolute Gasteiger partial charge is 0.244 e. The zero-order valence-electron chi connectivity index (χ0n) is 23.5. The third-order valence-electron chi connectivity index (χ3n) is 6.86. The molecule has 7 nitrogen and oxygen atoms in total. The Morgan fingerprint density at radius 1 is 0.900 bits per heavy atom. The SMILES string of the molecule is CCc1ccccc1N(CC(=O)N(Cc1ccc(Cl)cc1)[C@H](Cc1ccccc1)C(=O)N[C@H](C)CC)S(C)(=O)=O. The normalized spacial score (nSPS) is 12.8. The molecule has 9 heteroatoms. The van der Waals surface area contributed by atoms with Gasteiger partial charge in [-0.1, -0.05) is 86.1 Å². The Labute approximate surface area is 243 Å². The maximum atomic E-state index is 14.1. The molecule has 0 saturated heterocycles. The zero-order chi connectivity index (χ0) is 29.3. The first-order valence-electron chi connectivity index (χ1n) is 13.5. The van der Waals surface area contributed by atoms with Gasteiger partial charge in [-0.3, -0.25) is 13.9 Å². The molecule has 0 saturated carbocycles. The van der Waals surface area contributed by atoms with Crippen molar-refractivity contribution in [3.8, 4) is 0 Å². The van der Waals surface area contributed by atoms with E-state index in [1.54, 1.807) is 36.4 Å². The first-order chi connectivity index (χ1) is 19.0. The molecule has 214 valence electrons. The van der Waals surface area contributed by atoms with Crippen LogP contribution in [0.25, 0.3) is 0 Å². The number of benzene rings is 3. The summed E-state index contributed by atoms with van der Waals surface area (Å²) in [6, 6.07) is 22.7. The van der Waals surface area contributed by atoms with Crippen LogP contribution in [0.2, 0.25) is 5.02 Å². The summed E-state index contributed by atoms with van der Waals surface area (Å²) in [6.45, 7) is 5.49. The minimum atomic E-state index is -3.82.